The Morgan fingerprint density at radius 1 is 1.27 bits per heavy atom. The average Bonchev–Trinajstić information content (AvgIpc) is 2.62. The minimum absolute atomic E-state index is 1.13. The number of rotatable bonds is 4. The molecule has 1 aromatic heterocycles. The van der Waals surface area contributed by atoms with Crippen LogP contribution in [-0.2, 0) is 6.54 Å². The molecule has 0 aliphatic heterocycles. The van der Waals surface area contributed by atoms with E-state index in [1.54, 1.807) is 0 Å². The van der Waals surface area contributed by atoms with Gasteiger partial charge in [-0.25, -0.2) is 0 Å². The summed E-state index contributed by atoms with van der Waals surface area (Å²) in [5.41, 5.74) is 2.71. The second-order valence-electron chi connectivity index (χ2n) is 3.92. The molecule has 0 radical (unpaired) electrons. The number of nitrogens with zero attached hydrogens (tertiary/aromatic N) is 1. The molecule has 0 fully saturated rings. The fourth-order valence-electron chi connectivity index (χ4n) is 1.87. The summed E-state index contributed by atoms with van der Waals surface area (Å²) >= 11 is 1.92. The van der Waals surface area contributed by atoms with Crippen molar-refractivity contribution in [1.29, 1.82) is 0 Å². The minimum Gasteiger partial charge on any atom is -0.347 e. The molecule has 0 saturated carbocycles. The molecule has 0 atom stereocenters. The van der Waals surface area contributed by atoms with Gasteiger partial charge in [-0.05, 0) is 48.4 Å². The van der Waals surface area contributed by atoms with Crippen LogP contribution in [-0.4, -0.2) is 16.6 Å². The van der Waals surface area contributed by atoms with Crippen LogP contribution in [0.15, 0.2) is 30.5 Å². The molecule has 80 valence electrons. The molecular weight excluding hydrogens is 202 g/mol. The van der Waals surface area contributed by atoms with Crippen molar-refractivity contribution in [2.24, 2.45) is 0 Å². The molecule has 1 nitrogen and oxygen atoms in total. The van der Waals surface area contributed by atoms with Gasteiger partial charge in [0, 0.05) is 18.3 Å². The van der Waals surface area contributed by atoms with E-state index in [2.05, 4.69) is 48.2 Å². The van der Waals surface area contributed by atoms with E-state index in [1.807, 2.05) is 11.8 Å². The molecule has 2 aromatic rings. The maximum Gasteiger partial charge on any atom is 0.0482 e. The van der Waals surface area contributed by atoms with E-state index in [-0.39, 0.29) is 0 Å². The van der Waals surface area contributed by atoms with Crippen molar-refractivity contribution in [3.05, 3.63) is 36.0 Å². The normalized spacial score (nSPS) is 11.1. The Morgan fingerprint density at radius 2 is 2.13 bits per heavy atom. The second kappa shape index (κ2) is 4.75. The van der Waals surface area contributed by atoms with Gasteiger partial charge in [0.25, 0.3) is 0 Å². The smallest absolute Gasteiger partial charge is 0.0482 e. The molecule has 0 bridgehead atoms. The van der Waals surface area contributed by atoms with Gasteiger partial charge in [0.15, 0.2) is 0 Å². The third kappa shape index (κ3) is 2.37. The van der Waals surface area contributed by atoms with E-state index in [0.717, 1.165) is 6.54 Å². The zero-order valence-corrected chi connectivity index (χ0v) is 10.2. The Kier molecular flexibility index (Phi) is 3.37. The Bertz CT molecular complexity index is 445. The second-order valence-corrected chi connectivity index (χ2v) is 4.90. The molecule has 1 aromatic carbocycles. The Hall–Kier alpha value is -0.890. The molecule has 0 aliphatic rings. The van der Waals surface area contributed by atoms with Gasteiger partial charge in [0.2, 0.25) is 0 Å². The maximum absolute atomic E-state index is 2.36. The predicted molar refractivity (Wildman–Crippen MR) is 69.7 cm³/mol. The van der Waals surface area contributed by atoms with Crippen molar-refractivity contribution >= 4 is 22.7 Å². The van der Waals surface area contributed by atoms with Gasteiger partial charge in [-0.3, -0.25) is 0 Å². The lowest BCUT2D eigenvalue weighted by Crippen LogP contribution is -1.97. The summed E-state index contributed by atoms with van der Waals surface area (Å²) in [5, 5.41) is 1.35. The van der Waals surface area contributed by atoms with Gasteiger partial charge in [0.05, 0.1) is 0 Å². The first-order valence-electron chi connectivity index (χ1n) is 5.35. The predicted octanol–water partition coefficient (Wildman–Crippen LogP) is 3.70. The van der Waals surface area contributed by atoms with Crippen LogP contribution in [0.5, 0.6) is 0 Å². The van der Waals surface area contributed by atoms with Crippen molar-refractivity contribution < 1.29 is 0 Å². The average molecular weight is 219 g/mol. The molecular formula is C13H17NS. The van der Waals surface area contributed by atoms with Gasteiger partial charge in [-0.2, -0.15) is 11.8 Å². The van der Waals surface area contributed by atoms with Gasteiger partial charge in [-0.15, -0.1) is 0 Å². The lowest BCUT2D eigenvalue weighted by Gasteiger charge is -2.04. The van der Waals surface area contributed by atoms with E-state index < -0.39 is 0 Å². The Morgan fingerprint density at radius 3 is 2.93 bits per heavy atom. The highest BCUT2D eigenvalue weighted by Gasteiger charge is 2.00. The first-order valence-corrected chi connectivity index (χ1v) is 6.75. The molecule has 15 heavy (non-hydrogen) atoms. The maximum atomic E-state index is 2.36. The zero-order valence-electron chi connectivity index (χ0n) is 9.36. The van der Waals surface area contributed by atoms with Crippen LogP contribution in [0.3, 0.4) is 0 Å². The van der Waals surface area contributed by atoms with Crippen LogP contribution >= 0.6 is 11.8 Å². The molecule has 0 saturated heterocycles. The number of aryl methyl sites for hydroxylation is 2. The third-order valence-electron chi connectivity index (χ3n) is 2.68. The summed E-state index contributed by atoms with van der Waals surface area (Å²) in [7, 11) is 0. The molecule has 0 aliphatic carbocycles. The molecule has 0 unspecified atom stereocenters. The van der Waals surface area contributed by atoms with E-state index in [9.17, 15) is 0 Å². The topological polar surface area (TPSA) is 4.93 Å². The van der Waals surface area contributed by atoms with Crippen molar-refractivity contribution in [3.8, 4) is 0 Å². The van der Waals surface area contributed by atoms with E-state index >= 15 is 0 Å². The highest BCUT2D eigenvalue weighted by atomic mass is 32.2. The Labute approximate surface area is 95.5 Å². The first-order chi connectivity index (χ1) is 7.31. The van der Waals surface area contributed by atoms with E-state index in [0.29, 0.717) is 0 Å². The standard InChI is InChI=1S/C13H17NS/c1-11-4-5-12-6-8-14(13(12)10-11)7-3-9-15-2/h4-6,8,10H,3,7,9H2,1-2H3. The summed E-state index contributed by atoms with van der Waals surface area (Å²) in [6.07, 6.45) is 5.61. The van der Waals surface area contributed by atoms with E-state index in [4.69, 9.17) is 0 Å². The van der Waals surface area contributed by atoms with E-state index in [1.165, 1.54) is 28.6 Å². The lowest BCUT2D eigenvalue weighted by molar-refractivity contribution is 0.709. The highest BCUT2D eigenvalue weighted by Crippen LogP contribution is 2.17. The fourth-order valence-corrected chi connectivity index (χ4v) is 2.29. The number of fused-ring (bicyclic) bond motifs is 1. The SMILES string of the molecule is CSCCCn1ccc2ccc(C)cc21. The minimum atomic E-state index is 1.13. The Balaban J connectivity index is 2.23. The first kappa shape index (κ1) is 10.6. The largest absolute Gasteiger partial charge is 0.347 e. The molecule has 0 N–H and O–H groups in total. The summed E-state index contributed by atoms with van der Waals surface area (Å²) in [5.74, 6) is 1.24. The molecule has 1 heterocycles. The lowest BCUT2D eigenvalue weighted by atomic mass is 10.2. The summed E-state index contributed by atoms with van der Waals surface area (Å²) in [6, 6.07) is 8.85. The van der Waals surface area contributed by atoms with Crippen molar-refractivity contribution in [3.63, 3.8) is 0 Å². The van der Waals surface area contributed by atoms with Crippen molar-refractivity contribution in [2.75, 3.05) is 12.0 Å². The van der Waals surface area contributed by atoms with Crippen molar-refractivity contribution in [2.45, 2.75) is 19.9 Å². The number of aromatic nitrogens is 1. The summed E-state index contributed by atoms with van der Waals surface area (Å²) in [4.78, 5) is 0. The van der Waals surface area contributed by atoms with Crippen LogP contribution in [0.2, 0.25) is 0 Å². The quantitative estimate of drug-likeness (QED) is 0.710. The van der Waals surface area contributed by atoms with Crippen LogP contribution < -0.4 is 0 Å². The zero-order chi connectivity index (χ0) is 10.7. The van der Waals surface area contributed by atoms with Crippen LogP contribution in [0, 0.1) is 6.92 Å². The number of benzene rings is 1. The van der Waals surface area contributed by atoms with Crippen LogP contribution in [0.1, 0.15) is 12.0 Å². The van der Waals surface area contributed by atoms with Gasteiger partial charge < -0.3 is 4.57 Å². The number of hydrogen-bond acceptors (Lipinski definition) is 1. The molecule has 2 rings (SSSR count). The summed E-state index contributed by atoms with van der Waals surface area (Å²) < 4.78 is 2.36. The molecule has 0 amide bonds. The van der Waals surface area contributed by atoms with Gasteiger partial charge in [0.1, 0.15) is 0 Å². The number of thioether (sulfide) groups is 1. The van der Waals surface area contributed by atoms with Crippen LogP contribution in [0.4, 0.5) is 0 Å². The monoisotopic (exact) mass is 219 g/mol. The molecule has 0 spiro atoms. The molecule has 2 heteroatoms. The summed E-state index contributed by atoms with van der Waals surface area (Å²) in [6.45, 7) is 3.28. The van der Waals surface area contributed by atoms with Gasteiger partial charge >= 0.3 is 0 Å². The van der Waals surface area contributed by atoms with Crippen LogP contribution in [0.25, 0.3) is 10.9 Å². The van der Waals surface area contributed by atoms with Crippen molar-refractivity contribution in [1.82, 2.24) is 4.57 Å². The highest BCUT2D eigenvalue weighted by molar-refractivity contribution is 7.98. The third-order valence-corrected chi connectivity index (χ3v) is 3.37. The number of hydrogen-bond donors (Lipinski definition) is 0. The fraction of sp³-hybridized carbons (Fsp3) is 0.385. The van der Waals surface area contributed by atoms with Gasteiger partial charge in [-0.1, -0.05) is 12.1 Å².